The van der Waals surface area contributed by atoms with Gasteiger partial charge in [-0.2, -0.15) is 0 Å². The van der Waals surface area contributed by atoms with Gasteiger partial charge in [0.1, 0.15) is 0 Å². The van der Waals surface area contributed by atoms with E-state index < -0.39 is 0 Å². The maximum Gasteiger partial charge on any atom is 0.0988 e. The third-order valence-corrected chi connectivity index (χ3v) is 8.87. The summed E-state index contributed by atoms with van der Waals surface area (Å²) in [5, 5.41) is 11.3. The molecule has 2 heterocycles. The lowest BCUT2D eigenvalue weighted by molar-refractivity contribution is -0.177. The Bertz CT molecular complexity index is 753. The molecule has 3 nitrogen and oxygen atoms in total. The van der Waals surface area contributed by atoms with Gasteiger partial charge in [0.2, 0.25) is 0 Å². The summed E-state index contributed by atoms with van der Waals surface area (Å²) < 4.78 is 6.74. The van der Waals surface area contributed by atoms with E-state index in [1.54, 1.807) is 5.57 Å². The molecule has 4 aliphatic rings. The molecular weight excluding hydrogens is 394 g/mol. The summed E-state index contributed by atoms with van der Waals surface area (Å²) >= 11 is 0. The van der Waals surface area contributed by atoms with Gasteiger partial charge in [-0.25, -0.2) is 0 Å². The average Bonchev–Trinajstić information content (AvgIpc) is 3.23. The number of ether oxygens (including phenoxy) is 1. The zero-order valence-electron chi connectivity index (χ0n) is 21.3. The molecule has 180 valence electrons. The fraction of sp³-hybridized carbons (Fsp3) is 0.793. The Balaban J connectivity index is 1.51. The summed E-state index contributed by atoms with van der Waals surface area (Å²) in [5.74, 6) is 1.61. The fourth-order valence-electron chi connectivity index (χ4n) is 6.85. The van der Waals surface area contributed by atoms with Gasteiger partial charge in [-0.3, -0.25) is 4.90 Å². The second kappa shape index (κ2) is 9.66. The molecule has 0 aromatic heterocycles. The summed E-state index contributed by atoms with van der Waals surface area (Å²) in [7, 11) is 0. The first-order valence-corrected chi connectivity index (χ1v) is 13.4. The maximum atomic E-state index is 11.3. The van der Waals surface area contributed by atoms with Crippen LogP contribution in [0.3, 0.4) is 0 Å². The number of likely N-dealkylation sites (tertiary alicyclic amines) is 1. The molecule has 2 aliphatic heterocycles. The number of hydrogen-bond donors (Lipinski definition) is 1. The van der Waals surface area contributed by atoms with E-state index in [-0.39, 0.29) is 23.0 Å². The Morgan fingerprint density at radius 2 is 1.91 bits per heavy atom. The summed E-state index contributed by atoms with van der Waals surface area (Å²) in [5.41, 5.74) is 2.77. The molecule has 0 bridgehead atoms. The van der Waals surface area contributed by atoms with Crippen LogP contribution in [0, 0.1) is 23.2 Å². The molecule has 32 heavy (non-hydrogen) atoms. The molecule has 0 saturated carbocycles. The second-order valence-corrected chi connectivity index (χ2v) is 12.2. The van der Waals surface area contributed by atoms with E-state index in [4.69, 9.17) is 4.74 Å². The van der Waals surface area contributed by atoms with Crippen molar-refractivity contribution in [1.82, 2.24) is 4.90 Å². The minimum atomic E-state index is -0.161. The first kappa shape index (κ1) is 24.1. The number of rotatable bonds is 8. The van der Waals surface area contributed by atoms with Gasteiger partial charge >= 0.3 is 0 Å². The number of aliphatic hydroxyl groups is 1. The predicted molar refractivity (Wildman–Crippen MR) is 134 cm³/mol. The SMILES string of the molecule is CCCCCCC(C)(C)C1=CC2OC(C)(C)[C@H]3CC=C(CN4CCCC4)CC3[C@@H]2C(O)=C1. The van der Waals surface area contributed by atoms with Crippen molar-refractivity contribution >= 4 is 0 Å². The Morgan fingerprint density at radius 3 is 2.62 bits per heavy atom. The van der Waals surface area contributed by atoms with Crippen LogP contribution in [0.2, 0.25) is 0 Å². The van der Waals surface area contributed by atoms with E-state index in [1.165, 1.54) is 57.2 Å². The van der Waals surface area contributed by atoms with Crippen molar-refractivity contribution in [2.24, 2.45) is 23.2 Å². The number of hydrogen-bond acceptors (Lipinski definition) is 3. The molecule has 4 rings (SSSR count). The lowest BCUT2D eigenvalue weighted by Gasteiger charge is -2.54. The van der Waals surface area contributed by atoms with Gasteiger partial charge in [0.25, 0.3) is 0 Å². The molecule has 0 aromatic carbocycles. The highest BCUT2D eigenvalue weighted by Crippen LogP contribution is 2.53. The largest absolute Gasteiger partial charge is 0.512 e. The van der Waals surface area contributed by atoms with E-state index >= 15 is 0 Å². The molecule has 0 aromatic rings. The van der Waals surface area contributed by atoms with E-state index in [0.717, 1.165) is 25.8 Å². The van der Waals surface area contributed by atoms with Crippen molar-refractivity contribution < 1.29 is 9.84 Å². The lowest BCUT2D eigenvalue weighted by Crippen LogP contribution is -2.55. The molecule has 3 heteroatoms. The highest BCUT2D eigenvalue weighted by atomic mass is 16.5. The zero-order chi connectivity index (χ0) is 22.9. The van der Waals surface area contributed by atoms with Crippen LogP contribution in [0.5, 0.6) is 0 Å². The standard InChI is InChI=1S/C29H47NO2/c1-6-7-8-9-14-28(2,3)22-18-25(31)27-23-17-21(20-30-15-10-11-16-30)12-13-24(23)29(4,5)32-26(27)19-22/h12,18-19,23-24,26-27,31H,6-11,13-17,20H2,1-5H3/t23?,24-,26?,27+/m0/s1. The molecule has 2 fully saturated rings. The van der Waals surface area contributed by atoms with Crippen molar-refractivity contribution in [3.05, 3.63) is 35.1 Å². The molecule has 1 N–H and O–H groups in total. The normalized spacial score (nSPS) is 32.6. The Hall–Kier alpha value is -1.06. The second-order valence-electron chi connectivity index (χ2n) is 12.2. The molecule has 0 spiro atoms. The first-order valence-electron chi connectivity index (χ1n) is 13.4. The zero-order valence-corrected chi connectivity index (χ0v) is 21.3. The molecule has 2 unspecified atom stereocenters. The van der Waals surface area contributed by atoms with Gasteiger partial charge in [0.15, 0.2) is 0 Å². The van der Waals surface area contributed by atoms with Crippen molar-refractivity contribution in [3.8, 4) is 0 Å². The third-order valence-electron chi connectivity index (χ3n) is 8.87. The Morgan fingerprint density at radius 1 is 1.16 bits per heavy atom. The van der Waals surface area contributed by atoms with Crippen LogP contribution in [0.25, 0.3) is 0 Å². The lowest BCUT2D eigenvalue weighted by atomic mass is 9.61. The quantitative estimate of drug-likeness (QED) is 0.319. The molecule has 2 saturated heterocycles. The number of allylic oxidation sites excluding steroid dienone is 3. The van der Waals surface area contributed by atoms with Crippen molar-refractivity contribution in [3.63, 3.8) is 0 Å². The van der Waals surface area contributed by atoms with Gasteiger partial charge in [-0.1, -0.05) is 64.2 Å². The van der Waals surface area contributed by atoms with Crippen molar-refractivity contribution in [2.45, 2.75) is 104 Å². The summed E-state index contributed by atoms with van der Waals surface area (Å²) in [6.07, 6.45) is 18.2. The smallest absolute Gasteiger partial charge is 0.0988 e. The summed E-state index contributed by atoms with van der Waals surface area (Å²) in [6.45, 7) is 15.1. The summed E-state index contributed by atoms with van der Waals surface area (Å²) in [4.78, 5) is 2.61. The van der Waals surface area contributed by atoms with E-state index in [0.29, 0.717) is 17.6 Å². The number of fused-ring (bicyclic) bond motifs is 3. The maximum absolute atomic E-state index is 11.3. The van der Waals surface area contributed by atoms with Crippen LogP contribution in [-0.4, -0.2) is 41.3 Å². The molecule has 0 amide bonds. The minimum absolute atomic E-state index is 0.00713. The van der Waals surface area contributed by atoms with Crippen LogP contribution in [0.15, 0.2) is 35.1 Å². The van der Waals surface area contributed by atoms with Gasteiger partial charge in [-0.15, -0.1) is 0 Å². The topological polar surface area (TPSA) is 32.7 Å². The highest BCUT2D eigenvalue weighted by molar-refractivity contribution is 5.36. The first-order chi connectivity index (χ1) is 15.2. The third kappa shape index (κ3) is 5.04. The monoisotopic (exact) mass is 441 g/mol. The van der Waals surface area contributed by atoms with Gasteiger partial charge in [-0.05, 0) is 87.9 Å². The average molecular weight is 442 g/mol. The molecule has 0 radical (unpaired) electrons. The predicted octanol–water partition coefficient (Wildman–Crippen LogP) is 7.21. The summed E-state index contributed by atoms with van der Waals surface area (Å²) in [6, 6.07) is 0. The van der Waals surface area contributed by atoms with Gasteiger partial charge < -0.3 is 9.84 Å². The van der Waals surface area contributed by atoms with Crippen molar-refractivity contribution in [1.29, 1.82) is 0 Å². The van der Waals surface area contributed by atoms with Gasteiger partial charge in [0.05, 0.1) is 17.5 Å². The highest BCUT2D eigenvalue weighted by Gasteiger charge is 2.52. The Kier molecular flexibility index (Phi) is 7.27. The van der Waals surface area contributed by atoms with E-state index in [2.05, 4.69) is 57.7 Å². The minimum Gasteiger partial charge on any atom is -0.512 e. The van der Waals surface area contributed by atoms with Crippen LogP contribution in [0.1, 0.15) is 92.4 Å². The van der Waals surface area contributed by atoms with Crippen LogP contribution < -0.4 is 0 Å². The van der Waals surface area contributed by atoms with Gasteiger partial charge in [0, 0.05) is 12.5 Å². The molecular formula is C29H47NO2. The van der Waals surface area contributed by atoms with Crippen molar-refractivity contribution in [2.75, 3.05) is 19.6 Å². The van der Waals surface area contributed by atoms with Crippen LogP contribution in [-0.2, 0) is 4.74 Å². The Labute approximate surface area is 197 Å². The molecule has 4 atom stereocenters. The molecule has 2 aliphatic carbocycles. The fourth-order valence-corrected chi connectivity index (χ4v) is 6.85. The number of nitrogens with zero attached hydrogens (tertiary/aromatic N) is 1. The van der Waals surface area contributed by atoms with Crippen LogP contribution >= 0.6 is 0 Å². The van der Waals surface area contributed by atoms with Crippen LogP contribution in [0.4, 0.5) is 0 Å². The van der Waals surface area contributed by atoms with E-state index in [1.807, 2.05) is 0 Å². The number of aliphatic hydroxyl groups excluding tert-OH is 1. The van der Waals surface area contributed by atoms with E-state index in [9.17, 15) is 5.11 Å². The number of unbranched alkanes of at least 4 members (excludes halogenated alkanes) is 3.